The van der Waals surface area contributed by atoms with Gasteiger partial charge in [-0.1, -0.05) is 12.8 Å². The number of hydrogen-bond acceptors (Lipinski definition) is 4. The van der Waals surface area contributed by atoms with Crippen molar-refractivity contribution in [1.82, 2.24) is 9.47 Å². The number of nitrogens with two attached hydrogens (primary N) is 1. The average molecular weight is 382 g/mol. The number of nitrogens with zero attached hydrogens (tertiary/aromatic N) is 4. The molecule has 4 rings (SSSR count). The Balaban J connectivity index is 1.44. The number of aryl methyl sites for hydroxylation is 1. The largest absolute Gasteiger partial charge is 0.397 e. The number of hydrogen-bond donors (Lipinski definition) is 1. The zero-order chi connectivity index (χ0) is 19.5. The average Bonchev–Trinajstić information content (AvgIpc) is 2.97. The predicted octanol–water partition coefficient (Wildman–Crippen LogP) is 2.95. The van der Waals surface area contributed by atoms with E-state index in [9.17, 15) is 4.79 Å². The van der Waals surface area contributed by atoms with Gasteiger partial charge in [0, 0.05) is 58.2 Å². The van der Waals surface area contributed by atoms with Crippen molar-refractivity contribution in [2.75, 3.05) is 54.8 Å². The first-order chi connectivity index (χ1) is 13.6. The fourth-order valence-corrected chi connectivity index (χ4v) is 4.33. The van der Waals surface area contributed by atoms with Gasteiger partial charge in [0.25, 0.3) is 5.91 Å². The maximum absolute atomic E-state index is 12.7. The number of aromatic nitrogens is 1. The summed E-state index contributed by atoms with van der Waals surface area (Å²) in [6.07, 6.45) is 7.02. The molecule has 0 unspecified atom stereocenters. The smallest absolute Gasteiger partial charge is 0.270 e. The van der Waals surface area contributed by atoms with E-state index < -0.39 is 0 Å². The van der Waals surface area contributed by atoms with Gasteiger partial charge in [-0.25, -0.2) is 0 Å². The monoisotopic (exact) mass is 381 g/mol. The number of nitrogen functional groups attached to an aromatic ring is 1. The molecule has 1 amide bonds. The normalized spacial score (nSPS) is 18.2. The molecule has 2 aromatic rings. The number of carbonyl (C=O) groups is 1. The molecule has 0 aliphatic carbocycles. The second kappa shape index (κ2) is 8.17. The number of benzene rings is 1. The second-order valence-electron chi connectivity index (χ2n) is 7.93. The summed E-state index contributed by atoms with van der Waals surface area (Å²) in [6.45, 7) is 5.36. The highest BCUT2D eigenvalue weighted by Gasteiger charge is 2.24. The van der Waals surface area contributed by atoms with E-state index in [1.807, 2.05) is 40.9 Å². The summed E-state index contributed by atoms with van der Waals surface area (Å²) in [6, 6.07) is 10.2. The van der Waals surface area contributed by atoms with Gasteiger partial charge in [0.15, 0.2) is 0 Å². The van der Waals surface area contributed by atoms with Crippen LogP contribution in [0.15, 0.2) is 36.5 Å². The summed E-state index contributed by atoms with van der Waals surface area (Å²) in [5.41, 5.74) is 10.3. The van der Waals surface area contributed by atoms with E-state index >= 15 is 0 Å². The lowest BCUT2D eigenvalue weighted by Crippen LogP contribution is -2.49. The molecule has 2 fully saturated rings. The molecule has 2 aliphatic rings. The highest BCUT2D eigenvalue weighted by molar-refractivity contribution is 5.93. The Hall–Kier alpha value is -2.63. The van der Waals surface area contributed by atoms with Gasteiger partial charge < -0.3 is 25.0 Å². The molecular weight excluding hydrogens is 350 g/mol. The third kappa shape index (κ3) is 3.81. The molecular formula is C22H31N5O. The molecule has 28 heavy (non-hydrogen) atoms. The molecule has 0 saturated carbocycles. The molecule has 150 valence electrons. The minimum atomic E-state index is 0.120. The van der Waals surface area contributed by atoms with Crippen LogP contribution in [0.4, 0.5) is 17.1 Å². The quantitative estimate of drug-likeness (QED) is 0.831. The number of anilines is 3. The van der Waals surface area contributed by atoms with Gasteiger partial charge in [0.2, 0.25) is 0 Å². The van der Waals surface area contributed by atoms with E-state index in [0.29, 0.717) is 0 Å². The minimum Gasteiger partial charge on any atom is -0.397 e. The molecule has 6 heteroatoms. The zero-order valence-electron chi connectivity index (χ0n) is 16.8. The number of rotatable bonds is 3. The van der Waals surface area contributed by atoms with Gasteiger partial charge in [-0.05, 0) is 43.2 Å². The Morgan fingerprint density at radius 3 is 2.25 bits per heavy atom. The fraction of sp³-hybridized carbons (Fsp3) is 0.500. The van der Waals surface area contributed by atoms with E-state index in [0.717, 1.165) is 50.6 Å². The summed E-state index contributed by atoms with van der Waals surface area (Å²) >= 11 is 0. The third-order valence-corrected chi connectivity index (χ3v) is 6.06. The molecule has 0 atom stereocenters. The van der Waals surface area contributed by atoms with E-state index in [2.05, 4.69) is 21.9 Å². The molecule has 2 aliphatic heterocycles. The first-order valence-electron chi connectivity index (χ1n) is 10.4. The van der Waals surface area contributed by atoms with E-state index in [1.54, 1.807) is 0 Å². The SMILES string of the molecule is Cn1cccc1C(=O)N1CCN(c2ccc(N)c(N3CCCCCC3)c2)CC1. The highest BCUT2D eigenvalue weighted by Crippen LogP contribution is 2.31. The summed E-state index contributed by atoms with van der Waals surface area (Å²) < 4.78 is 1.89. The van der Waals surface area contributed by atoms with Crippen molar-refractivity contribution in [1.29, 1.82) is 0 Å². The molecule has 3 heterocycles. The van der Waals surface area contributed by atoms with Crippen LogP contribution in [0.3, 0.4) is 0 Å². The highest BCUT2D eigenvalue weighted by atomic mass is 16.2. The van der Waals surface area contributed by atoms with Crippen molar-refractivity contribution >= 4 is 23.0 Å². The van der Waals surface area contributed by atoms with Crippen LogP contribution >= 0.6 is 0 Å². The zero-order valence-corrected chi connectivity index (χ0v) is 16.8. The molecule has 2 saturated heterocycles. The maximum atomic E-state index is 12.7. The van der Waals surface area contributed by atoms with Gasteiger partial charge in [0.1, 0.15) is 5.69 Å². The van der Waals surface area contributed by atoms with Crippen LogP contribution in [0, 0.1) is 0 Å². The van der Waals surface area contributed by atoms with Crippen molar-refractivity contribution < 1.29 is 4.79 Å². The second-order valence-corrected chi connectivity index (χ2v) is 7.93. The van der Waals surface area contributed by atoms with Crippen LogP contribution in [0.1, 0.15) is 36.2 Å². The van der Waals surface area contributed by atoms with E-state index in [-0.39, 0.29) is 5.91 Å². The van der Waals surface area contributed by atoms with Crippen molar-refractivity contribution in [3.05, 3.63) is 42.2 Å². The molecule has 1 aromatic carbocycles. The lowest BCUT2D eigenvalue weighted by Gasteiger charge is -2.37. The van der Waals surface area contributed by atoms with Crippen molar-refractivity contribution in [2.24, 2.45) is 7.05 Å². The number of piperazine rings is 1. The Morgan fingerprint density at radius 2 is 1.61 bits per heavy atom. The van der Waals surface area contributed by atoms with Gasteiger partial charge in [-0.15, -0.1) is 0 Å². The Bertz CT molecular complexity index is 814. The standard InChI is InChI=1S/C22H31N5O/c1-24-10-6-7-20(24)22(28)27-15-13-25(14-16-27)18-8-9-19(23)21(17-18)26-11-4-2-3-5-12-26/h6-10,17H,2-5,11-16,23H2,1H3. The van der Waals surface area contributed by atoms with Crippen LogP contribution in [-0.4, -0.2) is 54.6 Å². The van der Waals surface area contributed by atoms with Crippen LogP contribution in [-0.2, 0) is 7.05 Å². The molecule has 6 nitrogen and oxygen atoms in total. The summed E-state index contributed by atoms with van der Waals surface area (Å²) in [4.78, 5) is 19.5. The van der Waals surface area contributed by atoms with E-state index in [4.69, 9.17) is 5.73 Å². The van der Waals surface area contributed by atoms with Crippen LogP contribution in [0.5, 0.6) is 0 Å². The maximum Gasteiger partial charge on any atom is 0.270 e. The third-order valence-electron chi connectivity index (χ3n) is 6.06. The van der Waals surface area contributed by atoms with Gasteiger partial charge in [0.05, 0.1) is 11.4 Å². The molecule has 0 radical (unpaired) electrons. The fourth-order valence-electron chi connectivity index (χ4n) is 4.33. The van der Waals surface area contributed by atoms with Crippen molar-refractivity contribution in [3.63, 3.8) is 0 Å². The molecule has 2 N–H and O–H groups in total. The first-order valence-corrected chi connectivity index (χ1v) is 10.4. The van der Waals surface area contributed by atoms with Gasteiger partial charge >= 0.3 is 0 Å². The Labute approximate surface area is 167 Å². The Morgan fingerprint density at radius 1 is 0.893 bits per heavy atom. The first kappa shape index (κ1) is 18.7. The van der Waals surface area contributed by atoms with Crippen LogP contribution in [0.25, 0.3) is 0 Å². The predicted molar refractivity (Wildman–Crippen MR) is 115 cm³/mol. The number of amides is 1. The number of carbonyl (C=O) groups excluding carboxylic acids is 1. The lowest BCUT2D eigenvalue weighted by atomic mass is 10.1. The van der Waals surface area contributed by atoms with E-state index in [1.165, 1.54) is 37.1 Å². The summed E-state index contributed by atoms with van der Waals surface area (Å²) in [5.74, 6) is 0.120. The lowest BCUT2D eigenvalue weighted by molar-refractivity contribution is 0.0737. The van der Waals surface area contributed by atoms with Gasteiger partial charge in [-0.3, -0.25) is 4.79 Å². The van der Waals surface area contributed by atoms with Crippen molar-refractivity contribution in [2.45, 2.75) is 25.7 Å². The molecule has 0 spiro atoms. The topological polar surface area (TPSA) is 57.7 Å². The van der Waals surface area contributed by atoms with Gasteiger partial charge in [-0.2, -0.15) is 0 Å². The molecule has 1 aromatic heterocycles. The summed E-state index contributed by atoms with van der Waals surface area (Å²) in [7, 11) is 1.92. The molecule has 0 bridgehead atoms. The van der Waals surface area contributed by atoms with Crippen molar-refractivity contribution in [3.8, 4) is 0 Å². The minimum absolute atomic E-state index is 0.120. The Kier molecular flexibility index (Phi) is 5.46. The van der Waals surface area contributed by atoms with Crippen LogP contribution in [0.2, 0.25) is 0 Å². The summed E-state index contributed by atoms with van der Waals surface area (Å²) in [5, 5.41) is 0. The van der Waals surface area contributed by atoms with Crippen LogP contribution < -0.4 is 15.5 Å².